The minimum Gasteiger partial charge on any atom is -0.463 e. The average molecular weight is 359 g/mol. The highest BCUT2D eigenvalue weighted by molar-refractivity contribution is 5.69. The van der Waals surface area contributed by atoms with Crippen LogP contribution in [0.3, 0.4) is 0 Å². The molecule has 25 heavy (non-hydrogen) atoms. The zero-order valence-corrected chi connectivity index (χ0v) is 16.9. The lowest BCUT2D eigenvalue weighted by Gasteiger charge is -2.06. The van der Waals surface area contributed by atoms with Crippen molar-refractivity contribution in [2.45, 2.75) is 96.8 Å². The third-order valence-corrected chi connectivity index (χ3v) is 4.41. The molecule has 0 heterocycles. The van der Waals surface area contributed by atoms with Crippen LogP contribution >= 0.6 is 0 Å². The Balaban J connectivity index is 3.11. The highest BCUT2D eigenvalue weighted by atomic mass is 16.6. The second-order valence-electron chi connectivity index (χ2n) is 6.82. The maximum atomic E-state index is 11.5. The van der Waals surface area contributed by atoms with Crippen LogP contribution in [0.15, 0.2) is 0 Å². The SMILES string of the molecule is CCCCCCCCCCCCCCCC(=O)OCCOCCOC. The molecule has 0 spiro atoms. The van der Waals surface area contributed by atoms with Gasteiger partial charge in [-0.15, -0.1) is 0 Å². The quantitative estimate of drug-likeness (QED) is 0.208. The van der Waals surface area contributed by atoms with Gasteiger partial charge in [-0.1, -0.05) is 84.0 Å². The molecule has 0 aromatic heterocycles. The first kappa shape index (κ1) is 24.4. The predicted octanol–water partition coefficient (Wildman–Crippen LogP) is 5.67. The Kier molecular flexibility index (Phi) is 20.9. The van der Waals surface area contributed by atoms with E-state index in [2.05, 4.69) is 6.92 Å². The van der Waals surface area contributed by atoms with Gasteiger partial charge in [0.15, 0.2) is 0 Å². The summed E-state index contributed by atoms with van der Waals surface area (Å²) in [4.78, 5) is 11.5. The van der Waals surface area contributed by atoms with Gasteiger partial charge in [-0.05, 0) is 6.42 Å². The van der Waals surface area contributed by atoms with Crippen molar-refractivity contribution in [3.05, 3.63) is 0 Å². The van der Waals surface area contributed by atoms with E-state index in [1.54, 1.807) is 7.11 Å². The molecule has 0 aliphatic carbocycles. The topological polar surface area (TPSA) is 44.8 Å². The van der Waals surface area contributed by atoms with Crippen molar-refractivity contribution in [2.75, 3.05) is 33.5 Å². The van der Waals surface area contributed by atoms with E-state index in [0.717, 1.165) is 12.8 Å². The van der Waals surface area contributed by atoms with E-state index < -0.39 is 0 Å². The average Bonchev–Trinajstić information content (AvgIpc) is 2.62. The lowest BCUT2D eigenvalue weighted by molar-refractivity contribution is -0.145. The van der Waals surface area contributed by atoms with E-state index in [1.807, 2.05) is 0 Å². The lowest BCUT2D eigenvalue weighted by atomic mass is 10.0. The molecule has 0 saturated heterocycles. The summed E-state index contributed by atoms with van der Waals surface area (Å²) in [5, 5.41) is 0. The molecule has 0 N–H and O–H groups in total. The van der Waals surface area contributed by atoms with Crippen molar-refractivity contribution >= 4 is 5.97 Å². The first-order valence-electron chi connectivity index (χ1n) is 10.5. The minimum absolute atomic E-state index is 0.0987. The Morgan fingerprint density at radius 3 is 1.64 bits per heavy atom. The summed E-state index contributed by atoms with van der Waals surface area (Å²) < 4.78 is 15.2. The molecular formula is C21H42O4. The Morgan fingerprint density at radius 1 is 0.640 bits per heavy atom. The third-order valence-electron chi connectivity index (χ3n) is 4.41. The molecule has 0 rings (SSSR count). The molecule has 4 nitrogen and oxygen atoms in total. The van der Waals surface area contributed by atoms with Crippen molar-refractivity contribution in [1.82, 2.24) is 0 Å². The van der Waals surface area contributed by atoms with Crippen LogP contribution in [-0.4, -0.2) is 39.5 Å². The number of hydrogen-bond donors (Lipinski definition) is 0. The molecule has 0 amide bonds. The van der Waals surface area contributed by atoms with Gasteiger partial charge in [0.2, 0.25) is 0 Å². The third kappa shape index (κ3) is 21.3. The molecule has 0 radical (unpaired) electrons. The highest BCUT2D eigenvalue weighted by Gasteiger charge is 2.02. The van der Waals surface area contributed by atoms with Crippen LogP contribution in [-0.2, 0) is 19.0 Å². The molecule has 0 fully saturated rings. The number of ether oxygens (including phenoxy) is 3. The lowest BCUT2D eigenvalue weighted by Crippen LogP contribution is -2.12. The first-order valence-corrected chi connectivity index (χ1v) is 10.5. The fourth-order valence-corrected chi connectivity index (χ4v) is 2.82. The van der Waals surface area contributed by atoms with Gasteiger partial charge >= 0.3 is 5.97 Å². The second kappa shape index (κ2) is 21.4. The molecule has 0 saturated carbocycles. The van der Waals surface area contributed by atoms with Crippen molar-refractivity contribution in [2.24, 2.45) is 0 Å². The van der Waals surface area contributed by atoms with E-state index in [0.29, 0.717) is 32.8 Å². The summed E-state index contributed by atoms with van der Waals surface area (Å²) in [5.41, 5.74) is 0. The summed E-state index contributed by atoms with van der Waals surface area (Å²) in [7, 11) is 1.64. The van der Waals surface area contributed by atoms with Gasteiger partial charge in [0.25, 0.3) is 0 Å². The van der Waals surface area contributed by atoms with Crippen LogP contribution < -0.4 is 0 Å². The summed E-state index contributed by atoms with van der Waals surface area (Å²) in [6.07, 6.45) is 17.7. The van der Waals surface area contributed by atoms with Gasteiger partial charge in [-0.2, -0.15) is 0 Å². The number of carbonyl (C=O) groups is 1. The Morgan fingerprint density at radius 2 is 1.12 bits per heavy atom. The number of hydrogen-bond acceptors (Lipinski definition) is 4. The van der Waals surface area contributed by atoms with Gasteiger partial charge in [-0.3, -0.25) is 4.79 Å². The van der Waals surface area contributed by atoms with E-state index in [1.165, 1.54) is 70.6 Å². The van der Waals surface area contributed by atoms with Gasteiger partial charge in [0.05, 0.1) is 19.8 Å². The maximum Gasteiger partial charge on any atom is 0.305 e. The molecule has 0 aliphatic rings. The fraction of sp³-hybridized carbons (Fsp3) is 0.952. The Bertz CT molecular complexity index is 269. The highest BCUT2D eigenvalue weighted by Crippen LogP contribution is 2.13. The number of rotatable bonds is 20. The van der Waals surface area contributed by atoms with Crippen molar-refractivity contribution in [3.63, 3.8) is 0 Å². The molecule has 0 aromatic carbocycles. The Hall–Kier alpha value is -0.610. The van der Waals surface area contributed by atoms with Gasteiger partial charge < -0.3 is 14.2 Å². The molecule has 0 atom stereocenters. The van der Waals surface area contributed by atoms with Crippen molar-refractivity contribution in [3.8, 4) is 0 Å². The van der Waals surface area contributed by atoms with E-state index in [9.17, 15) is 4.79 Å². The smallest absolute Gasteiger partial charge is 0.305 e. The van der Waals surface area contributed by atoms with Crippen molar-refractivity contribution < 1.29 is 19.0 Å². The Labute approximate surface area is 156 Å². The monoisotopic (exact) mass is 358 g/mol. The summed E-state index contributed by atoms with van der Waals surface area (Å²) >= 11 is 0. The van der Waals surface area contributed by atoms with Crippen LogP contribution in [0, 0.1) is 0 Å². The van der Waals surface area contributed by atoms with Crippen LogP contribution in [0.5, 0.6) is 0 Å². The predicted molar refractivity (Wildman–Crippen MR) is 104 cm³/mol. The van der Waals surface area contributed by atoms with Crippen LogP contribution in [0.4, 0.5) is 0 Å². The van der Waals surface area contributed by atoms with Gasteiger partial charge in [0.1, 0.15) is 6.61 Å². The summed E-state index contributed by atoms with van der Waals surface area (Å²) in [6.45, 7) is 4.19. The van der Waals surface area contributed by atoms with Crippen molar-refractivity contribution in [1.29, 1.82) is 0 Å². The zero-order chi connectivity index (χ0) is 18.4. The van der Waals surface area contributed by atoms with E-state index >= 15 is 0 Å². The molecule has 0 bridgehead atoms. The fourth-order valence-electron chi connectivity index (χ4n) is 2.82. The standard InChI is InChI=1S/C21H42O4/c1-3-4-5-6-7-8-9-10-11-12-13-14-15-16-21(22)25-20-19-24-18-17-23-2/h3-20H2,1-2H3. The maximum absolute atomic E-state index is 11.5. The number of esters is 1. The van der Waals surface area contributed by atoms with E-state index in [4.69, 9.17) is 14.2 Å². The molecule has 0 aliphatic heterocycles. The largest absolute Gasteiger partial charge is 0.463 e. The molecule has 4 heteroatoms. The summed E-state index contributed by atoms with van der Waals surface area (Å²) in [5.74, 6) is -0.0987. The zero-order valence-electron chi connectivity index (χ0n) is 16.9. The first-order chi connectivity index (χ1) is 12.3. The van der Waals surface area contributed by atoms with Crippen LogP contribution in [0.25, 0.3) is 0 Å². The molecule has 0 unspecified atom stereocenters. The molecular weight excluding hydrogens is 316 g/mol. The van der Waals surface area contributed by atoms with Crippen LogP contribution in [0.1, 0.15) is 96.8 Å². The van der Waals surface area contributed by atoms with Crippen LogP contribution in [0.2, 0.25) is 0 Å². The molecule has 150 valence electrons. The second-order valence-corrected chi connectivity index (χ2v) is 6.82. The van der Waals surface area contributed by atoms with Gasteiger partial charge in [0, 0.05) is 13.5 Å². The van der Waals surface area contributed by atoms with E-state index in [-0.39, 0.29) is 5.97 Å². The molecule has 0 aromatic rings. The normalized spacial score (nSPS) is 11.0. The minimum atomic E-state index is -0.0987. The number of methoxy groups -OCH3 is 1. The number of unbranched alkanes of at least 4 members (excludes halogenated alkanes) is 12. The summed E-state index contributed by atoms with van der Waals surface area (Å²) in [6, 6.07) is 0. The van der Waals surface area contributed by atoms with Gasteiger partial charge in [-0.25, -0.2) is 0 Å². The number of carbonyl (C=O) groups excluding carboxylic acids is 1.